The summed E-state index contributed by atoms with van der Waals surface area (Å²) >= 11 is 0. The van der Waals surface area contributed by atoms with Crippen LogP contribution in [0, 0.1) is 5.92 Å². The van der Waals surface area contributed by atoms with Gasteiger partial charge in [0.2, 0.25) is 0 Å². The Bertz CT molecular complexity index is 116. The molecule has 0 aromatic rings. The minimum Gasteiger partial charge on any atom is -0.392 e. The van der Waals surface area contributed by atoms with E-state index in [1.54, 1.807) is 0 Å². The van der Waals surface area contributed by atoms with E-state index in [0.29, 0.717) is 6.04 Å². The third-order valence-electron chi connectivity index (χ3n) is 2.57. The molecule has 0 amide bonds. The van der Waals surface area contributed by atoms with Gasteiger partial charge in [0.25, 0.3) is 0 Å². The highest BCUT2D eigenvalue weighted by Crippen LogP contribution is 2.18. The molecule has 1 rings (SSSR count). The van der Waals surface area contributed by atoms with Crippen LogP contribution in [0.3, 0.4) is 0 Å². The predicted molar refractivity (Wildman–Crippen MR) is 46.5 cm³/mol. The number of rotatable bonds is 3. The number of hydrogen-bond acceptors (Lipinski definition) is 2. The average Bonchev–Trinajstić information content (AvgIpc) is 2.36. The average molecular weight is 157 g/mol. The van der Waals surface area contributed by atoms with E-state index in [9.17, 15) is 5.11 Å². The molecule has 0 aromatic carbocycles. The first-order valence-corrected chi connectivity index (χ1v) is 4.65. The van der Waals surface area contributed by atoms with Crippen molar-refractivity contribution in [3.05, 3.63) is 0 Å². The van der Waals surface area contributed by atoms with Crippen molar-refractivity contribution < 1.29 is 5.11 Å². The predicted octanol–water partition coefficient (Wildman–Crippen LogP) is 1.15. The molecule has 2 N–H and O–H groups in total. The Kier molecular flexibility index (Phi) is 3.34. The van der Waals surface area contributed by atoms with E-state index in [1.807, 2.05) is 0 Å². The summed E-state index contributed by atoms with van der Waals surface area (Å²) in [6.07, 6.45) is 3.36. The fraction of sp³-hybridized carbons (Fsp3) is 1.00. The fourth-order valence-electron chi connectivity index (χ4n) is 1.84. The zero-order valence-corrected chi connectivity index (χ0v) is 7.51. The summed E-state index contributed by atoms with van der Waals surface area (Å²) in [6.45, 7) is 5.26. The van der Waals surface area contributed by atoms with Gasteiger partial charge >= 0.3 is 0 Å². The van der Waals surface area contributed by atoms with Crippen molar-refractivity contribution in [1.29, 1.82) is 0 Å². The number of hydrogen-bond donors (Lipinski definition) is 2. The van der Waals surface area contributed by atoms with Gasteiger partial charge in [0.15, 0.2) is 0 Å². The number of aliphatic hydroxyl groups is 1. The molecule has 0 bridgehead atoms. The van der Waals surface area contributed by atoms with Gasteiger partial charge in [-0.1, -0.05) is 20.3 Å². The van der Waals surface area contributed by atoms with Gasteiger partial charge in [-0.15, -0.1) is 0 Å². The van der Waals surface area contributed by atoms with E-state index in [0.717, 1.165) is 18.9 Å². The zero-order chi connectivity index (χ0) is 8.27. The van der Waals surface area contributed by atoms with E-state index in [1.165, 1.54) is 12.8 Å². The van der Waals surface area contributed by atoms with E-state index >= 15 is 0 Å². The van der Waals surface area contributed by atoms with Crippen LogP contribution in [0.4, 0.5) is 0 Å². The molecule has 0 saturated carbocycles. The van der Waals surface area contributed by atoms with Crippen LogP contribution in [-0.4, -0.2) is 23.8 Å². The second-order valence-electron chi connectivity index (χ2n) is 3.67. The van der Waals surface area contributed by atoms with Crippen molar-refractivity contribution in [1.82, 2.24) is 5.32 Å². The Morgan fingerprint density at radius 3 is 2.82 bits per heavy atom. The van der Waals surface area contributed by atoms with Crippen LogP contribution in [0.25, 0.3) is 0 Å². The summed E-state index contributed by atoms with van der Waals surface area (Å²) in [5.41, 5.74) is 0. The number of β-amino-alcohol motifs (C(OH)–C–C–N with tert-alkyl or cyclic N) is 1. The molecule has 1 aliphatic rings. The Balaban J connectivity index is 2.25. The molecule has 1 heterocycles. The topological polar surface area (TPSA) is 32.3 Å². The smallest absolute Gasteiger partial charge is 0.0679 e. The van der Waals surface area contributed by atoms with Crippen molar-refractivity contribution in [3.8, 4) is 0 Å². The highest BCUT2D eigenvalue weighted by Gasteiger charge is 2.25. The lowest BCUT2D eigenvalue weighted by Gasteiger charge is -2.17. The second kappa shape index (κ2) is 4.07. The molecular formula is C9H19NO. The molecule has 3 atom stereocenters. The van der Waals surface area contributed by atoms with Crippen molar-refractivity contribution in [2.24, 2.45) is 5.92 Å². The van der Waals surface area contributed by atoms with Gasteiger partial charge in [0.05, 0.1) is 6.10 Å². The van der Waals surface area contributed by atoms with Crippen molar-refractivity contribution in [2.45, 2.75) is 45.3 Å². The fourth-order valence-corrected chi connectivity index (χ4v) is 1.84. The van der Waals surface area contributed by atoms with Gasteiger partial charge in [-0.25, -0.2) is 0 Å². The molecule has 0 radical (unpaired) electrons. The third kappa shape index (κ3) is 2.46. The molecule has 66 valence electrons. The first-order valence-electron chi connectivity index (χ1n) is 4.65. The lowest BCUT2D eigenvalue weighted by atomic mass is 9.95. The quantitative estimate of drug-likeness (QED) is 0.644. The van der Waals surface area contributed by atoms with Crippen LogP contribution >= 0.6 is 0 Å². The number of nitrogens with one attached hydrogen (secondary N) is 1. The van der Waals surface area contributed by atoms with Crippen LogP contribution in [0.1, 0.15) is 33.1 Å². The van der Waals surface area contributed by atoms with Gasteiger partial charge in [-0.05, 0) is 18.8 Å². The SMILES string of the molecule is CCCC(C)C1CC(O)CN1. The summed E-state index contributed by atoms with van der Waals surface area (Å²) in [5.74, 6) is 0.720. The minimum atomic E-state index is -0.0979. The maximum atomic E-state index is 9.25. The molecule has 1 saturated heterocycles. The molecule has 11 heavy (non-hydrogen) atoms. The van der Waals surface area contributed by atoms with Crippen molar-refractivity contribution >= 4 is 0 Å². The third-order valence-corrected chi connectivity index (χ3v) is 2.57. The summed E-state index contributed by atoms with van der Waals surface area (Å²) < 4.78 is 0. The Morgan fingerprint density at radius 2 is 2.36 bits per heavy atom. The lowest BCUT2D eigenvalue weighted by Crippen LogP contribution is -2.28. The monoisotopic (exact) mass is 157 g/mol. The molecule has 3 unspecified atom stereocenters. The van der Waals surface area contributed by atoms with E-state index in [2.05, 4.69) is 19.2 Å². The van der Waals surface area contributed by atoms with E-state index in [4.69, 9.17) is 0 Å². The first-order chi connectivity index (χ1) is 5.24. The standard InChI is InChI=1S/C9H19NO/c1-3-4-7(2)9-5-8(11)6-10-9/h7-11H,3-6H2,1-2H3. The Morgan fingerprint density at radius 1 is 1.64 bits per heavy atom. The molecule has 0 aliphatic carbocycles. The number of aliphatic hydroxyl groups excluding tert-OH is 1. The normalized spacial score (nSPS) is 34.1. The van der Waals surface area contributed by atoms with Crippen LogP contribution in [-0.2, 0) is 0 Å². The van der Waals surface area contributed by atoms with Crippen LogP contribution < -0.4 is 5.32 Å². The van der Waals surface area contributed by atoms with Gasteiger partial charge in [-0.2, -0.15) is 0 Å². The minimum absolute atomic E-state index is 0.0979. The highest BCUT2D eigenvalue weighted by molar-refractivity contribution is 4.84. The second-order valence-corrected chi connectivity index (χ2v) is 3.67. The van der Waals surface area contributed by atoms with Gasteiger partial charge in [-0.3, -0.25) is 0 Å². The molecule has 0 spiro atoms. The van der Waals surface area contributed by atoms with Gasteiger partial charge in [0, 0.05) is 12.6 Å². The van der Waals surface area contributed by atoms with E-state index in [-0.39, 0.29) is 6.10 Å². The summed E-state index contributed by atoms with van der Waals surface area (Å²) in [6, 6.07) is 0.560. The molecule has 0 aromatic heterocycles. The van der Waals surface area contributed by atoms with E-state index < -0.39 is 0 Å². The van der Waals surface area contributed by atoms with Gasteiger partial charge < -0.3 is 10.4 Å². The van der Waals surface area contributed by atoms with Crippen molar-refractivity contribution in [2.75, 3.05) is 6.54 Å². The zero-order valence-electron chi connectivity index (χ0n) is 7.51. The Labute approximate surface area is 69.0 Å². The summed E-state index contributed by atoms with van der Waals surface area (Å²) in [5, 5.41) is 12.6. The molecule has 1 fully saturated rings. The maximum Gasteiger partial charge on any atom is 0.0679 e. The van der Waals surface area contributed by atoms with Gasteiger partial charge in [0.1, 0.15) is 0 Å². The van der Waals surface area contributed by atoms with Crippen LogP contribution in [0.5, 0.6) is 0 Å². The molecular weight excluding hydrogens is 138 g/mol. The maximum absolute atomic E-state index is 9.25. The van der Waals surface area contributed by atoms with Crippen LogP contribution in [0.2, 0.25) is 0 Å². The first kappa shape index (κ1) is 9.01. The Hall–Kier alpha value is -0.0800. The molecule has 2 heteroatoms. The lowest BCUT2D eigenvalue weighted by molar-refractivity contribution is 0.189. The molecule has 2 nitrogen and oxygen atoms in total. The van der Waals surface area contributed by atoms with Crippen molar-refractivity contribution in [3.63, 3.8) is 0 Å². The van der Waals surface area contributed by atoms with Crippen LogP contribution in [0.15, 0.2) is 0 Å². The largest absolute Gasteiger partial charge is 0.392 e. The summed E-state index contributed by atoms with van der Waals surface area (Å²) in [4.78, 5) is 0. The summed E-state index contributed by atoms with van der Waals surface area (Å²) in [7, 11) is 0. The highest BCUT2D eigenvalue weighted by atomic mass is 16.3. The molecule has 1 aliphatic heterocycles.